The van der Waals surface area contributed by atoms with Gasteiger partial charge >= 0.3 is 0 Å². The molecule has 0 spiro atoms. The predicted octanol–water partition coefficient (Wildman–Crippen LogP) is 3.11. The van der Waals surface area contributed by atoms with Crippen molar-refractivity contribution >= 4 is 40.0 Å². The number of rotatable bonds is 5. The molecule has 1 aliphatic heterocycles. The number of carbonyl (C=O) groups excluding carboxylic acids is 2. The fraction of sp³-hybridized carbons (Fsp3) is 0.353. The lowest BCUT2D eigenvalue weighted by Gasteiger charge is -2.31. The second-order valence-electron chi connectivity index (χ2n) is 5.61. The highest BCUT2D eigenvalue weighted by Crippen LogP contribution is 2.22. The van der Waals surface area contributed by atoms with Gasteiger partial charge in [0.25, 0.3) is 0 Å². The second-order valence-corrected chi connectivity index (χ2v) is 7.55. The molecule has 24 heavy (non-hydrogen) atoms. The Balaban J connectivity index is 1.51. The van der Waals surface area contributed by atoms with Crippen LogP contribution in [0.4, 0.5) is 5.13 Å². The zero-order valence-electron chi connectivity index (χ0n) is 13.2. The Morgan fingerprint density at radius 3 is 2.92 bits per heavy atom. The Morgan fingerprint density at radius 1 is 1.33 bits per heavy atom. The molecule has 7 heteroatoms. The van der Waals surface area contributed by atoms with Crippen molar-refractivity contribution in [2.75, 3.05) is 24.2 Å². The third-order valence-electron chi connectivity index (χ3n) is 3.91. The minimum absolute atomic E-state index is 0.0434. The molecule has 1 saturated heterocycles. The third-order valence-corrected chi connectivity index (χ3v) is 5.60. The van der Waals surface area contributed by atoms with Crippen LogP contribution in [0.1, 0.15) is 12.8 Å². The average Bonchev–Trinajstić information content (AvgIpc) is 3.13. The number of thiazole rings is 1. The monoisotopic (exact) mass is 361 g/mol. The zero-order chi connectivity index (χ0) is 16.8. The zero-order valence-corrected chi connectivity index (χ0v) is 14.8. The van der Waals surface area contributed by atoms with E-state index in [9.17, 15) is 9.59 Å². The van der Waals surface area contributed by atoms with E-state index in [1.807, 2.05) is 40.6 Å². The number of amides is 2. The number of likely N-dealkylation sites (tertiary alicyclic amines) is 1. The van der Waals surface area contributed by atoms with E-state index in [1.54, 1.807) is 6.20 Å². The van der Waals surface area contributed by atoms with E-state index < -0.39 is 0 Å². The van der Waals surface area contributed by atoms with E-state index in [1.165, 1.54) is 23.1 Å². The number of thioether (sulfide) groups is 1. The maximum atomic E-state index is 12.4. The Hall–Kier alpha value is -1.86. The van der Waals surface area contributed by atoms with Gasteiger partial charge in [-0.1, -0.05) is 18.2 Å². The number of benzene rings is 1. The molecule has 0 saturated carbocycles. The topological polar surface area (TPSA) is 62.3 Å². The minimum atomic E-state index is -0.159. The maximum absolute atomic E-state index is 12.4. The molecule has 126 valence electrons. The first kappa shape index (κ1) is 17.0. The Bertz CT molecular complexity index is 676. The van der Waals surface area contributed by atoms with Crippen LogP contribution in [-0.2, 0) is 9.59 Å². The van der Waals surface area contributed by atoms with Crippen LogP contribution in [0, 0.1) is 5.92 Å². The second kappa shape index (κ2) is 8.30. The van der Waals surface area contributed by atoms with Gasteiger partial charge in [0.1, 0.15) is 0 Å². The molecule has 3 rings (SSSR count). The van der Waals surface area contributed by atoms with Crippen molar-refractivity contribution in [3.8, 4) is 0 Å². The normalized spacial score (nSPS) is 17.5. The number of anilines is 1. The molecule has 0 bridgehead atoms. The molecule has 1 aromatic heterocycles. The molecule has 0 unspecified atom stereocenters. The van der Waals surface area contributed by atoms with Crippen molar-refractivity contribution in [3.05, 3.63) is 41.9 Å². The van der Waals surface area contributed by atoms with Gasteiger partial charge in [-0.05, 0) is 25.0 Å². The van der Waals surface area contributed by atoms with Crippen LogP contribution in [0.2, 0.25) is 0 Å². The van der Waals surface area contributed by atoms with Crippen molar-refractivity contribution in [2.45, 2.75) is 17.7 Å². The lowest BCUT2D eigenvalue weighted by molar-refractivity contribution is -0.132. The number of carbonyl (C=O) groups is 2. The summed E-state index contributed by atoms with van der Waals surface area (Å²) in [7, 11) is 0. The molecule has 0 radical (unpaired) electrons. The van der Waals surface area contributed by atoms with Crippen molar-refractivity contribution in [2.24, 2.45) is 5.92 Å². The highest BCUT2D eigenvalue weighted by atomic mass is 32.2. The average molecular weight is 361 g/mol. The number of piperidine rings is 1. The largest absolute Gasteiger partial charge is 0.341 e. The first-order chi connectivity index (χ1) is 11.7. The van der Waals surface area contributed by atoms with E-state index in [2.05, 4.69) is 10.3 Å². The lowest BCUT2D eigenvalue weighted by atomic mass is 9.97. The van der Waals surface area contributed by atoms with Gasteiger partial charge in [-0.2, -0.15) is 0 Å². The fourth-order valence-corrected chi connectivity index (χ4v) is 4.02. The highest BCUT2D eigenvalue weighted by Gasteiger charge is 2.28. The van der Waals surface area contributed by atoms with Crippen LogP contribution in [0.15, 0.2) is 46.8 Å². The van der Waals surface area contributed by atoms with Gasteiger partial charge in [-0.15, -0.1) is 23.1 Å². The summed E-state index contributed by atoms with van der Waals surface area (Å²) in [5, 5.41) is 5.27. The van der Waals surface area contributed by atoms with Gasteiger partial charge in [0.15, 0.2) is 5.13 Å². The first-order valence-electron chi connectivity index (χ1n) is 7.88. The number of nitrogens with one attached hydrogen (secondary N) is 1. The van der Waals surface area contributed by atoms with Crippen molar-refractivity contribution < 1.29 is 9.59 Å². The number of aromatic nitrogens is 1. The van der Waals surface area contributed by atoms with Crippen LogP contribution >= 0.6 is 23.1 Å². The minimum Gasteiger partial charge on any atom is -0.341 e. The fourth-order valence-electron chi connectivity index (χ4n) is 2.66. The lowest BCUT2D eigenvalue weighted by Crippen LogP contribution is -2.44. The van der Waals surface area contributed by atoms with Gasteiger partial charge in [-0.3, -0.25) is 9.59 Å². The summed E-state index contributed by atoms with van der Waals surface area (Å²) in [5.74, 6) is 0.298. The summed E-state index contributed by atoms with van der Waals surface area (Å²) in [4.78, 5) is 31.7. The molecule has 5 nitrogen and oxygen atoms in total. The quantitative estimate of drug-likeness (QED) is 0.831. The van der Waals surface area contributed by atoms with Crippen LogP contribution < -0.4 is 5.32 Å². The Kier molecular flexibility index (Phi) is 5.87. The molecular weight excluding hydrogens is 342 g/mol. The molecule has 0 aliphatic carbocycles. The molecule has 2 aromatic rings. The number of nitrogens with zero attached hydrogens (tertiary/aromatic N) is 2. The first-order valence-corrected chi connectivity index (χ1v) is 9.75. The third kappa shape index (κ3) is 4.58. The van der Waals surface area contributed by atoms with Gasteiger partial charge in [0.05, 0.1) is 11.7 Å². The van der Waals surface area contributed by atoms with Crippen LogP contribution in [0.25, 0.3) is 0 Å². The summed E-state index contributed by atoms with van der Waals surface area (Å²) in [6, 6.07) is 9.89. The van der Waals surface area contributed by atoms with Crippen LogP contribution in [-0.4, -0.2) is 40.5 Å². The van der Waals surface area contributed by atoms with Crippen LogP contribution in [0.5, 0.6) is 0 Å². The van der Waals surface area contributed by atoms with Gasteiger partial charge in [0.2, 0.25) is 11.8 Å². The summed E-state index contributed by atoms with van der Waals surface area (Å²) < 4.78 is 0. The molecule has 1 N–H and O–H groups in total. The summed E-state index contributed by atoms with van der Waals surface area (Å²) in [6.45, 7) is 1.22. The van der Waals surface area contributed by atoms with E-state index in [4.69, 9.17) is 0 Å². The van der Waals surface area contributed by atoms with Crippen LogP contribution in [0.3, 0.4) is 0 Å². The van der Waals surface area contributed by atoms with E-state index in [0.717, 1.165) is 24.3 Å². The Morgan fingerprint density at radius 2 is 2.17 bits per heavy atom. The van der Waals surface area contributed by atoms with Gasteiger partial charge < -0.3 is 10.2 Å². The van der Waals surface area contributed by atoms with E-state index in [0.29, 0.717) is 17.4 Å². The smallest absolute Gasteiger partial charge is 0.232 e. The molecule has 1 aromatic carbocycles. The van der Waals surface area contributed by atoms with Gasteiger partial charge in [0, 0.05) is 29.6 Å². The molecule has 1 fully saturated rings. The van der Waals surface area contributed by atoms with Gasteiger partial charge in [-0.25, -0.2) is 4.98 Å². The van der Waals surface area contributed by atoms with E-state index >= 15 is 0 Å². The van der Waals surface area contributed by atoms with Crippen molar-refractivity contribution in [1.29, 1.82) is 0 Å². The number of hydrogen-bond acceptors (Lipinski definition) is 5. The molecule has 1 atom stereocenters. The predicted molar refractivity (Wildman–Crippen MR) is 97.2 cm³/mol. The molecule has 1 aliphatic rings. The standard InChI is InChI=1S/C17H19N3O2S2/c21-15(12-24-14-6-2-1-3-7-14)20-9-4-5-13(11-20)16(22)19-17-18-8-10-23-17/h1-3,6-8,10,13H,4-5,9,11-12H2,(H,18,19,22)/t13-/m0/s1. The molecule has 2 heterocycles. The highest BCUT2D eigenvalue weighted by molar-refractivity contribution is 8.00. The van der Waals surface area contributed by atoms with E-state index in [-0.39, 0.29) is 17.7 Å². The molecular formula is C17H19N3O2S2. The molecule has 2 amide bonds. The summed E-state index contributed by atoms with van der Waals surface area (Å²) >= 11 is 2.94. The summed E-state index contributed by atoms with van der Waals surface area (Å²) in [5.41, 5.74) is 0. The maximum Gasteiger partial charge on any atom is 0.232 e. The summed E-state index contributed by atoms with van der Waals surface area (Å²) in [6.07, 6.45) is 3.34. The van der Waals surface area contributed by atoms with Crippen molar-refractivity contribution in [3.63, 3.8) is 0 Å². The van der Waals surface area contributed by atoms with Crippen molar-refractivity contribution in [1.82, 2.24) is 9.88 Å². The number of hydrogen-bond donors (Lipinski definition) is 1. The Labute approximate surface area is 149 Å². The SMILES string of the molecule is O=C(Nc1nccs1)[C@H]1CCCN(C(=O)CSc2ccccc2)C1.